The van der Waals surface area contributed by atoms with Crippen LogP contribution in [0.25, 0.3) is 0 Å². The van der Waals surface area contributed by atoms with Crippen molar-refractivity contribution in [2.45, 2.75) is 13.5 Å². The van der Waals surface area contributed by atoms with E-state index in [2.05, 4.69) is 15.3 Å². The lowest BCUT2D eigenvalue weighted by molar-refractivity contribution is 0.472. The molecule has 0 unspecified atom stereocenters. The van der Waals surface area contributed by atoms with Gasteiger partial charge in [0.2, 0.25) is 0 Å². The molecule has 82 valence electrons. The summed E-state index contributed by atoms with van der Waals surface area (Å²) in [5.74, 6) is 0.182. The van der Waals surface area contributed by atoms with E-state index in [4.69, 9.17) is 5.11 Å². The molecule has 4 heteroatoms. The van der Waals surface area contributed by atoms with E-state index in [0.29, 0.717) is 6.54 Å². The molecule has 0 fully saturated rings. The van der Waals surface area contributed by atoms with Gasteiger partial charge in [-0.1, -0.05) is 0 Å². The van der Waals surface area contributed by atoms with E-state index in [1.807, 2.05) is 13.0 Å². The molecule has 0 atom stereocenters. The maximum atomic E-state index is 9.09. The van der Waals surface area contributed by atoms with Crippen LogP contribution in [-0.2, 0) is 6.54 Å². The Morgan fingerprint density at radius 2 is 2.12 bits per heavy atom. The first-order chi connectivity index (χ1) is 7.75. The number of hydrogen-bond donors (Lipinski definition) is 2. The van der Waals surface area contributed by atoms with Crippen LogP contribution in [0.2, 0.25) is 0 Å². The summed E-state index contributed by atoms with van der Waals surface area (Å²) in [6, 6.07) is 5.36. The predicted molar refractivity (Wildman–Crippen MR) is 62.2 cm³/mol. The first kappa shape index (κ1) is 10.4. The standard InChI is InChI=1S/C12H13N3O/c1-9-4-5-13-8-12(9)15-6-10-2-3-11(16)7-14-10/h2-5,7-8,15-16H,6H2,1H3. The van der Waals surface area contributed by atoms with Gasteiger partial charge in [0, 0.05) is 6.20 Å². The molecule has 4 nitrogen and oxygen atoms in total. The molecular formula is C12H13N3O. The highest BCUT2D eigenvalue weighted by atomic mass is 16.3. The highest BCUT2D eigenvalue weighted by Gasteiger charge is 1.98. The summed E-state index contributed by atoms with van der Waals surface area (Å²) in [5.41, 5.74) is 3.02. The molecule has 2 aromatic heterocycles. The Kier molecular flexibility index (Phi) is 3.00. The van der Waals surface area contributed by atoms with Gasteiger partial charge in [-0.05, 0) is 30.7 Å². The van der Waals surface area contributed by atoms with Crippen molar-refractivity contribution in [3.8, 4) is 5.75 Å². The number of nitrogens with zero attached hydrogens (tertiary/aromatic N) is 2. The van der Waals surface area contributed by atoms with Crippen LogP contribution in [0.5, 0.6) is 5.75 Å². The van der Waals surface area contributed by atoms with Crippen LogP contribution in [0.4, 0.5) is 5.69 Å². The predicted octanol–water partition coefficient (Wildman–Crippen LogP) is 2.10. The van der Waals surface area contributed by atoms with Gasteiger partial charge in [0.25, 0.3) is 0 Å². The molecule has 16 heavy (non-hydrogen) atoms. The summed E-state index contributed by atoms with van der Waals surface area (Å²) < 4.78 is 0. The number of hydrogen-bond acceptors (Lipinski definition) is 4. The molecule has 2 aromatic rings. The smallest absolute Gasteiger partial charge is 0.133 e. The molecular weight excluding hydrogens is 202 g/mol. The minimum Gasteiger partial charge on any atom is -0.506 e. The van der Waals surface area contributed by atoms with E-state index < -0.39 is 0 Å². The van der Waals surface area contributed by atoms with Crippen LogP contribution in [-0.4, -0.2) is 15.1 Å². The molecule has 0 aromatic carbocycles. The fourth-order valence-electron chi connectivity index (χ4n) is 1.36. The van der Waals surface area contributed by atoms with Gasteiger partial charge in [-0.15, -0.1) is 0 Å². The fourth-order valence-corrected chi connectivity index (χ4v) is 1.36. The molecule has 0 spiro atoms. The molecule has 2 N–H and O–H groups in total. The van der Waals surface area contributed by atoms with Crippen molar-refractivity contribution in [1.29, 1.82) is 0 Å². The highest BCUT2D eigenvalue weighted by Crippen LogP contribution is 2.13. The Balaban J connectivity index is 2.02. The van der Waals surface area contributed by atoms with Crippen molar-refractivity contribution in [2.75, 3.05) is 5.32 Å². The third-order valence-electron chi connectivity index (χ3n) is 2.31. The van der Waals surface area contributed by atoms with Crippen LogP contribution in [0.3, 0.4) is 0 Å². The Labute approximate surface area is 94.0 Å². The van der Waals surface area contributed by atoms with E-state index in [1.165, 1.54) is 6.20 Å². The molecule has 0 aliphatic rings. The second kappa shape index (κ2) is 4.61. The van der Waals surface area contributed by atoms with Crippen molar-refractivity contribution in [2.24, 2.45) is 0 Å². The molecule has 0 aliphatic heterocycles. The van der Waals surface area contributed by atoms with Crippen LogP contribution >= 0.6 is 0 Å². The van der Waals surface area contributed by atoms with Crippen LogP contribution < -0.4 is 5.32 Å². The number of nitrogens with one attached hydrogen (secondary N) is 1. The Bertz CT molecular complexity index is 468. The Morgan fingerprint density at radius 1 is 1.25 bits per heavy atom. The lowest BCUT2D eigenvalue weighted by atomic mass is 10.2. The largest absolute Gasteiger partial charge is 0.506 e. The fraction of sp³-hybridized carbons (Fsp3) is 0.167. The normalized spacial score (nSPS) is 10.1. The van der Waals surface area contributed by atoms with Crippen molar-refractivity contribution in [1.82, 2.24) is 9.97 Å². The maximum Gasteiger partial charge on any atom is 0.133 e. The first-order valence-electron chi connectivity index (χ1n) is 5.04. The summed E-state index contributed by atoms with van der Waals surface area (Å²) >= 11 is 0. The minimum atomic E-state index is 0.182. The van der Waals surface area contributed by atoms with Gasteiger partial charge in [-0.25, -0.2) is 0 Å². The first-order valence-corrected chi connectivity index (χ1v) is 5.04. The summed E-state index contributed by atoms with van der Waals surface area (Å²) in [5, 5.41) is 12.3. The minimum absolute atomic E-state index is 0.182. The average molecular weight is 215 g/mol. The Morgan fingerprint density at radius 3 is 2.81 bits per heavy atom. The van der Waals surface area contributed by atoms with Gasteiger partial charge in [0.15, 0.2) is 0 Å². The van der Waals surface area contributed by atoms with E-state index in [-0.39, 0.29) is 5.75 Å². The van der Waals surface area contributed by atoms with E-state index in [0.717, 1.165) is 16.9 Å². The van der Waals surface area contributed by atoms with Gasteiger partial charge in [-0.3, -0.25) is 9.97 Å². The van der Waals surface area contributed by atoms with Crippen molar-refractivity contribution < 1.29 is 5.11 Å². The summed E-state index contributed by atoms with van der Waals surface area (Å²) in [7, 11) is 0. The van der Waals surface area contributed by atoms with E-state index in [1.54, 1.807) is 24.5 Å². The van der Waals surface area contributed by atoms with Gasteiger partial charge < -0.3 is 10.4 Å². The monoisotopic (exact) mass is 215 g/mol. The number of anilines is 1. The number of aromatic hydroxyl groups is 1. The number of rotatable bonds is 3. The third-order valence-corrected chi connectivity index (χ3v) is 2.31. The molecule has 0 aliphatic carbocycles. The SMILES string of the molecule is Cc1ccncc1NCc1ccc(O)cn1. The number of aromatic nitrogens is 2. The Hall–Kier alpha value is -2.10. The summed E-state index contributed by atoms with van der Waals surface area (Å²) in [4.78, 5) is 8.14. The number of aryl methyl sites for hydroxylation is 1. The molecule has 0 radical (unpaired) electrons. The van der Waals surface area contributed by atoms with E-state index >= 15 is 0 Å². The lowest BCUT2D eigenvalue weighted by Crippen LogP contribution is -2.02. The summed E-state index contributed by atoms with van der Waals surface area (Å²) in [6.07, 6.45) is 4.99. The van der Waals surface area contributed by atoms with Crippen LogP contribution in [0.1, 0.15) is 11.3 Å². The van der Waals surface area contributed by atoms with Crippen molar-refractivity contribution in [3.05, 3.63) is 48.0 Å². The van der Waals surface area contributed by atoms with Crippen LogP contribution in [0.15, 0.2) is 36.8 Å². The quantitative estimate of drug-likeness (QED) is 0.823. The number of pyridine rings is 2. The van der Waals surface area contributed by atoms with Gasteiger partial charge in [-0.2, -0.15) is 0 Å². The van der Waals surface area contributed by atoms with Gasteiger partial charge in [0.1, 0.15) is 5.75 Å². The van der Waals surface area contributed by atoms with Crippen LogP contribution in [0, 0.1) is 6.92 Å². The molecule has 0 bridgehead atoms. The second-order valence-electron chi connectivity index (χ2n) is 3.55. The zero-order valence-electron chi connectivity index (χ0n) is 9.01. The maximum absolute atomic E-state index is 9.09. The van der Waals surface area contributed by atoms with Crippen molar-refractivity contribution >= 4 is 5.69 Å². The molecule has 0 saturated heterocycles. The molecule has 2 heterocycles. The molecule has 2 rings (SSSR count). The molecule has 0 saturated carbocycles. The van der Waals surface area contributed by atoms with Gasteiger partial charge >= 0.3 is 0 Å². The van der Waals surface area contributed by atoms with Crippen molar-refractivity contribution in [3.63, 3.8) is 0 Å². The topological polar surface area (TPSA) is 58.0 Å². The second-order valence-corrected chi connectivity index (χ2v) is 3.55. The van der Waals surface area contributed by atoms with Gasteiger partial charge in [0.05, 0.1) is 30.3 Å². The van der Waals surface area contributed by atoms with E-state index in [9.17, 15) is 0 Å². The molecule has 0 amide bonds. The highest BCUT2D eigenvalue weighted by molar-refractivity contribution is 5.48. The summed E-state index contributed by atoms with van der Waals surface area (Å²) in [6.45, 7) is 2.64. The zero-order chi connectivity index (χ0) is 11.4. The zero-order valence-corrected chi connectivity index (χ0v) is 9.01. The lowest BCUT2D eigenvalue weighted by Gasteiger charge is -2.07. The average Bonchev–Trinajstić information content (AvgIpc) is 2.30. The third kappa shape index (κ3) is 2.48.